The van der Waals surface area contributed by atoms with Gasteiger partial charge in [-0.3, -0.25) is 9.59 Å². The van der Waals surface area contributed by atoms with Gasteiger partial charge in [-0.05, 0) is 51.5 Å². The van der Waals surface area contributed by atoms with Gasteiger partial charge in [-0.15, -0.1) is 0 Å². The average molecular weight is 375 g/mol. The molecule has 0 heterocycles. The van der Waals surface area contributed by atoms with E-state index in [4.69, 9.17) is 4.74 Å². The van der Waals surface area contributed by atoms with Crippen LogP contribution in [0.25, 0.3) is 0 Å². The maximum absolute atomic E-state index is 12.4. The molecule has 27 heavy (non-hydrogen) atoms. The molecule has 1 aromatic rings. The van der Waals surface area contributed by atoms with E-state index in [1.54, 1.807) is 26.0 Å². The Kier molecular flexibility index (Phi) is 11.0. The number of rotatable bonds is 15. The summed E-state index contributed by atoms with van der Waals surface area (Å²) in [6, 6.07) is 7.14. The lowest BCUT2D eigenvalue weighted by atomic mass is 9.81. The minimum absolute atomic E-state index is 0.117. The molecule has 0 saturated carbocycles. The van der Waals surface area contributed by atoms with Crippen LogP contribution in [0, 0.1) is 5.41 Å². The molecule has 0 aromatic heterocycles. The summed E-state index contributed by atoms with van der Waals surface area (Å²) in [7, 11) is 0. The molecule has 0 unspecified atom stereocenters. The van der Waals surface area contributed by atoms with Crippen LogP contribution in [0.5, 0.6) is 5.75 Å². The Morgan fingerprint density at radius 1 is 0.815 bits per heavy atom. The molecule has 152 valence electrons. The highest BCUT2D eigenvalue weighted by Gasteiger charge is 2.33. The number of hydrogen-bond donors (Lipinski definition) is 0. The topological polar surface area (TPSA) is 43.4 Å². The van der Waals surface area contributed by atoms with Crippen molar-refractivity contribution >= 4 is 11.6 Å². The molecule has 0 N–H and O–H groups in total. The number of carbonyl (C=O) groups excluding carboxylic acids is 2. The summed E-state index contributed by atoms with van der Waals surface area (Å²) in [5.41, 5.74) is -0.417. The number of ether oxygens (including phenoxy) is 1. The van der Waals surface area contributed by atoms with E-state index in [1.807, 2.05) is 12.1 Å². The van der Waals surface area contributed by atoms with E-state index in [1.165, 1.54) is 64.7 Å². The third-order valence-electron chi connectivity index (χ3n) is 5.33. The van der Waals surface area contributed by atoms with Gasteiger partial charge >= 0.3 is 0 Å². The van der Waals surface area contributed by atoms with Crippen LogP contribution in [0.4, 0.5) is 0 Å². The summed E-state index contributed by atoms with van der Waals surface area (Å²) >= 11 is 0. The van der Waals surface area contributed by atoms with Crippen LogP contribution in [0.2, 0.25) is 0 Å². The Hall–Kier alpha value is -1.64. The zero-order valence-electron chi connectivity index (χ0n) is 17.8. The van der Waals surface area contributed by atoms with E-state index in [0.29, 0.717) is 12.2 Å². The van der Waals surface area contributed by atoms with Crippen LogP contribution in [0.3, 0.4) is 0 Å². The fraction of sp³-hybridized carbons (Fsp3) is 0.667. The minimum Gasteiger partial charge on any atom is -0.494 e. The second-order valence-corrected chi connectivity index (χ2v) is 8.07. The van der Waals surface area contributed by atoms with Crippen molar-refractivity contribution in [2.24, 2.45) is 5.41 Å². The maximum atomic E-state index is 12.4. The van der Waals surface area contributed by atoms with Gasteiger partial charge < -0.3 is 4.74 Å². The first-order valence-corrected chi connectivity index (χ1v) is 10.7. The van der Waals surface area contributed by atoms with E-state index < -0.39 is 5.41 Å². The second kappa shape index (κ2) is 12.7. The number of unbranched alkanes of at least 4 members (excludes halogenated alkanes) is 9. The molecular weight excluding hydrogens is 336 g/mol. The summed E-state index contributed by atoms with van der Waals surface area (Å²) < 4.78 is 5.77. The number of benzene rings is 1. The van der Waals surface area contributed by atoms with Gasteiger partial charge in [0, 0.05) is 5.56 Å². The largest absolute Gasteiger partial charge is 0.494 e. The van der Waals surface area contributed by atoms with Crippen molar-refractivity contribution in [3.8, 4) is 5.75 Å². The molecule has 3 heteroatoms. The normalized spacial score (nSPS) is 11.4. The first-order chi connectivity index (χ1) is 12.9. The first kappa shape index (κ1) is 23.4. The smallest absolute Gasteiger partial charge is 0.175 e. The van der Waals surface area contributed by atoms with E-state index in [2.05, 4.69) is 6.92 Å². The maximum Gasteiger partial charge on any atom is 0.175 e. The lowest BCUT2D eigenvalue weighted by Crippen LogP contribution is -2.31. The van der Waals surface area contributed by atoms with Crippen molar-refractivity contribution in [3.05, 3.63) is 29.8 Å². The van der Waals surface area contributed by atoms with Gasteiger partial charge in [0.05, 0.1) is 12.0 Å². The Morgan fingerprint density at radius 2 is 1.30 bits per heavy atom. The molecule has 0 saturated heterocycles. The van der Waals surface area contributed by atoms with Crippen LogP contribution < -0.4 is 4.74 Å². The summed E-state index contributed by atoms with van der Waals surface area (Å²) in [6.45, 7) is 7.77. The van der Waals surface area contributed by atoms with Crippen molar-refractivity contribution in [1.82, 2.24) is 0 Å². The monoisotopic (exact) mass is 374 g/mol. The third-order valence-corrected chi connectivity index (χ3v) is 5.33. The molecule has 1 aromatic carbocycles. The zero-order valence-corrected chi connectivity index (χ0v) is 17.8. The summed E-state index contributed by atoms with van der Waals surface area (Å²) in [6.07, 6.45) is 13.1. The molecule has 0 atom stereocenters. The standard InChI is InChI=1S/C24H38O3/c1-5-6-7-8-9-10-11-12-13-14-19-27-22-17-15-21(16-18-22)23(26)24(3,4)20(2)25/h15-18H,5-14,19H2,1-4H3. The van der Waals surface area contributed by atoms with Crippen molar-refractivity contribution in [3.63, 3.8) is 0 Å². The number of Topliss-reactive ketones (excluding diaryl/α,β-unsaturated/α-hetero) is 2. The van der Waals surface area contributed by atoms with Crippen molar-refractivity contribution in [1.29, 1.82) is 0 Å². The second-order valence-electron chi connectivity index (χ2n) is 8.07. The highest BCUT2D eigenvalue weighted by atomic mass is 16.5. The summed E-state index contributed by atoms with van der Waals surface area (Å²) in [4.78, 5) is 24.0. The highest BCUT2D eigenvalue weighted by Crippen LogP contribution is 2.24. The lowest BCUT2D eigenvalue weighted by molar-refractivity contribution is -0.122. The molecule has 0 radical (unpaired) electrons. The van der Waals surface area contributed by atoms with Gasteiger partial charge in [0.25, 0.3) is 0 Å². The Labute approximate surface area is 165 Å². The molecule has 0 amide bonds. The number of hydrogen-bond acceptors (Lipinski definition) is 3. The predicted octanol–water partition coefficient (Wildman–Crippen LogP) is 6.78. The highest BCUT2D eigenvalue weighted by molar-refractivity contribution is 6.13. The Morgan fingerprint density at radius 3 is 1.78 bits per heavy atom. The van der Waals surface area contributed by atoms with Gasteiger partial charge in [0.15, 0.2) is 5.78 Å². The van der Waals surface area contributed by atoms with Crippen LogP contribution in [-0.4, -0.2) is 18.2 Å². The van der Waals surface area contributed by atoms with Crippen LogP contribution in [-0.2, 0) is 4.79 Å². The fourth-order valence-electron chi connectivity index (χ4n) is 3.00. The van der Waals surface area contributed by atoms with Gasteiger partial charge in [-0.1, -0.05) is 64.7 Å². The van der Waals surface area contributed by atoms with Crippen molar-refractivity contribution in [2.75, 3.05) is 6.61 Å². The van der Waals surface area contributed by atoms with Gasteiger partial charge in [0.2, 0.25) is 0 Å². The van der Waals surface area contributed by atoms with Crippen LogP contribution in [0.15, 0.2) is 24.3 Å². The molecule has 0 fully saturated rings. The van der Waals surface area contributed by atoms with E-state index in [-0.39, 0.29) is 11.6 Å². The van der Waals surface area contributed by atoms with Crippen LogP contribution >= 0.6 is 0 Å². The molecule has 0 aliphatic carbocycles. The molecular formula is C24H38O3. The van der Waals surface area contributed by atoms with Gasteiger partial charge in [-0.2, -0.15) is 0 Å². The third kappa shape index (κ3) is 8.73. The number of carbonyl (C=O) groups is 2. The lowest BCUT2D eigenvalue weighted by Gasteiger charge is -2.19. The Balaban J connectivity index is 2.18. The van der Waals surface area contributed by atoms with Crippen molar-refractivity contribution < 1.29 is 14.3 Å². The Bertz CT molecular complexity index is 557. The van der Waals surface area contributed by atoms with Gasteiger partial charge in [-0.25, -0.2) is 0 Å². The number of ketones is 2. The summed E-state index contributed by atoms with van der Waals surface area (Å²) in [5, 5.41) is 0. The fourth-order valence-corrected chi connectivity index (χ4v) is 3.00. The molecule has 0 aliphatic heterocycles. The first-order valence-electron chi connectivity index (χ1n) is 10.7. The van der Waals surface area contributed by atoms with E-state index >= 15 is 0 Å². The van der Waals surface area contributed by atoms with Crippen LogP contribution in [0.1, 0.15) is 102 Å². The quantitative estimate of drug-likeness (QED) is 0.193. The molecule has 3 nitrogen and oxygen atoms in total. The minimum atomic E-state index is -0.974. The molecule has 1 rings (SSSR count). The molecule has 0 bridgehead atoms. The average Bonchev–Trinajstić information content (AvgIpc) is 2.66. The van der Waals surface area contributed by atoms with Gasteiger partial charge in [0.1, 0.15) is 11.5 Å². The summed E-state index contributed by atoms with van der Waals surface area (Å²) in [5.74, 6) is 0.521. The molecule has 0 spiro atoms. The predicted molar refractivity (Wildman–Crippen MR) is 113 cm³/mol. The zero-order chi connectivity index (χ0) is 20.1. The SMILES string of the molecule is CCCCCCCCCCCCOc1ccc(C(=O)C(C)(C)C(C)=O)cc1. The molecule has 0 aliphatic rings. The van der Waals surface area contributed by atoms with Crippen molar-refractivity contribution in [2.45, 2.75) is 91.9 Å². The van der Waals surface area contributed by atoms with E-state index in [9.17, 15) is 9.59 Å². The van der Waals surface area contributed by atoms with E-state index in [0.717, 1.165) is 12.2 Å².